The SMILES string of the molecule is O=[N+]([O-])c1cnc2ccccc2c1NCCc1ncn[nH]1. The fraction of sp³-hybridized carbons (Fsp3) is 0.154. The van der Waals surface area contributed by atoms with Crippen LogP contribution < -0.4 is 5.32 Å². The molecule has 0 saturated carbocycles. The summed E-state index contributed by atoms with van der Waals surface area (Å²) in [4.78, 5) is 18.8. The van der Waals surface area contributed by atoms with E-state index in [0.717, 1.165) is 11.2 Å². The topological polar surface area (TPSA) is 110 Å². The minimum absolute atomic E-state index is 0.0359. The van der Waals surface area contributed by atoms with E-state index in [1.54, 1.807) is 0 Å². The molecule has 0 aliphatic heterocycles. The second-order valence-electron chi connectivity index (χ2n) is 4.40. The number of aromatic amines is 1. The average molecular weight is 284 g/mol. The fourth-order valence-electron chi connectivity index (χ4n) is 2.11. The van der Waals surface area contributed by atoms with Crippen molar-refractivity contribution in [2.24, 2.45) is 0 Å². The number of H-pyrrole nitrogens is 1. The van der Waals surface area contributed by atoms with Crippen molar-refractivity contribution in [1.82, 2.24) is 20.2 Å². The lowest BCUT2D eigenvalue weighted by molar-refractivity contribution is -0.384. The Labute approximate surface area is 119 Å². The van der Waals surface area contributed by atoms with Crippen molar-refractivity contribution >= 4 is 22.3 Å². The Kier molecular flexibility index (Phi) is 3.42. The number of nitrogens with one attached hydrogen (secondary N) is 2. The van der Waals surface area contributed by atoms with E-state index in [9.17, 15) is 10.1 Å². The number of para-hydroxylation sites is 1. The van der Waals surface area contributed by atoms with Gasteiger partial charge in [0.2, 0.25) is 0 Å². The van der Waals surface area contributed by atoms with Crippen molar-refractivity contribution in [3.05, 3.63) is 52.7 Å². The van der Waals surface area contributed by atoms with E-state index in [4.69, 9.17) is 0 Å². The van der Waals surface area contributed by atoms with E-state index < -0.39 is 4.92 Å². The number of aromatic nitrogens is 4. The zero-order chi connectivity index (χ0) is 14.7. The fourth-order valence-corrected chi connectivity index (χ4v) is 2.11. The van der Waals surface area contributed by atoms with Gasteiger partial charge >= 0.3 is 5.69 Å². The lowest BCUT2D eigenvalue weighted by Crippen LogP contribution is -2.08. The second-order valence-corrected chi connectivity index (χ2v) is 4.40. The van der Waals surface area contributed by atoms with Gasteiger partial charge in [-0.05, 0) is 6.07 Å². The van der Waals surface area contributed by atoms with Crippen molar-refractivity contribution < 1.29 is 4.92 Å². The number of nitro groups is 1. The van der Waals surface area contributed by atoms with Crippen LogP contribution in [0.3, 0.4) is 0 Å². The lowest BCUT2D eigenvalue weighted by Gasteiger charge is -2.09. The summed E-state index contributed by atoms with van der Waals surface area (Å²) >= 11 is 0. The summed E-state index contributed by atoms with van der Waals surface area (Å²) in [5.41, 5.74) is 1.15. The van der Waals surface area contributed by atoms with Crippen LogP contribution in [0.2, 0.25) is 0 Å². The molecule has 3 rings (SSSR count). The molecule has 2 aromatic heterocycles. The molecule has 0 aliphatic rings. The van der Waals surface area contributed by atoms with Gasteiger partial charge in [0.1, 0.15) is 24.0 Å². The second kappa shape index (κ2) is 5.53. The smallest absolute Gasteiger partial charge is 0.311 e. The summed E-state index contributed by atoms with van der Waals surface area (Å²) in [6, 6.07) is 7.31. The van der Waals surface area contributed by atoms with Crippen molar-refractivity contribution in [1.29, 1.82) is 0 Å². The predicted molar refractivity (Wildman–Crippen MR) is 77.0 cm³/mol. The number of pyridine rings is 1. The zero-order valence-electron chi connectivity index (χ0n) is 11.0. The normalized spacial score (nSPS) is 10.7. The van der Waals surface area contributed by atoms with Crippen molar-refractivity contribution in [2.45, 2.75) is 6.42 Å². The molecule has 0 fully saturated rings. The third kappa shape index (κ3) is 2.64. The van der Waals surface area contributed by atoms with E-state index in [1.165, 1.54) is 12.5 Å². The highest BCUT2D eigenvalue weighted by atomic mass is 16.6. The number of fused-ring (bicyclic) bond motifs is 1. The van der Waals surface area contributed by atoms with Crippen LogP contribution in [-0.2, 0) is 6.42 Å². The quantitative estimate of drug-likeness (QED) is 0.547. The molecular formula is C13H12N6O2. The van der Waals surface area contributed by atoms with Gasteiger partial charge in [0, 0.05) is 18.4 Å². The standard InChI is InChI=1S/C13H12N6O2/c20-19(21)11-7-15-10-4-2-1-3-9(10)13(11)14-6-5-12-16-8-17-18-12/h1-4,7-8H,5-6H2,(H,14,15)(H,16,17,18). The van der Waals surface area contributed by atoms with E-state index in [-0.39, 0.29) is 5.69 Å². The molecule has 0 amide bonds. The van der Waals surface area contributed by atoms with Crippen LogP contribution in [0, 0.1) is 10.1 Å². The minimum Gasteiger partial charge on any atom is -0.378 e. The van der Waals surface area contributed by atoms with Crippen molar-refractivity contribution in [3.63, 3.8) is 0 Å². The van der Waals surface area contributed by atoms with Crippen LogP contribution in [-0.4, -0.2) is 31.6 Å². The van der Waals surface area contributed by atoms with Gasteiger partial charge < -0.3 is 5.32 Å². The van der Waals surface area contributed by atoms with Gasteiger partial charge in [0.15, 0.2) is 0 Å². The molecule has 1 aromatic carbocycles. The monoisotopic (exact) mass is 284 g/mol. The van der Waals surface area contributed by atoms with Crippen LogP contribution in [0.15, 0.2) is 36.8 Å². The lowest BCUT2D eigenvalue weighted by atomic mass is 10.1. The Balaban J connectivity index is 1.90. The Hall–Kier alpha value is -3.03. The van der Waals surface area contributed by atoms with E-state index >= 15 is 0 Å². The molecule has 2 heterocycles. The molecule has 8 heteroatoms. The molecule has 0 unspecified atom stereocenters. The Bertz CT molecular complexity index is 771. The summed E-state index contributed by atoms with van der Waals surface area (Å²) < 4.78 is 0. The van der Waals surface area contributed by atoms with Gasteiger partial charge in [-0.15, -0.1) is 0 Å². The predicted octanol–water partition coefficient (Wildman–Crippen LogP) is 1.92. The first-order chi connectivity index (χ1) is 10.3. The summed E-state index contributed by atoms with van der Waals surface area (Å²) in [6.45, 7) is 0.504. The van der Waals surface area contributed by atoms with Crippen molar-refractivity contribution in [2.75, 3.05) is 11.9 Å². The van der Waals surface area contributed by atoms with E-state index in [0.29, 0.717) is 24.2 Å². The first kappa shape index (κ1) is 13.0. The highest BCUT2D eigenvalue weighted by molar-refractivity contribution is 5.95. The molecule has 0 aliphatic carbocycles. The molecular weight excluding hydrogens is 272 g/mol. The Morgan fingerprint density at radius 1 is 1.29 bits per heavy atom. The maximum absolute atomic E-state index is 11.2. The van der Waals surface area contributed by atoms with Crippen LogP contribution in [0.1, 0.15) is 5.82 Å². The Morgan fingerprint density at radius 3 is 2.90 bits per heavy atom. The van der Waals surface area contributed by atoms with E-state index in [2.05, 4.69) is 25.5 Å². The van der Waals surface area contributed by atoms with E-state index in [1.807, 2.05) is 24.3 Å². The summed E-state index contributed by atoms with van der Waals surface area (Å²) in [7, 11) is 0. The molecule has 3 aromatic rings. The zero-order valence-corrected chi connectivity index (χ0v) is 11.0. The summed E-state index contributed by atoms with van der Waals surface area (Å²) in [5.74, 6) is 0.725. The molecule has 8 nitrogen and oxygen atoms in total. The molecule has 0 spiro atoms. The minimum atomic E-state index is -0.434. The number of hydrogen-bond acceptors (Lipinski definition) is 6. The van der Waals surface area contributed by atoms with Crippen LogP contribution in [0.25, 0.3) is 10.9 Å². The van der Waals surface area contributed by atoms with Crippen molar-refractivity contribution in [3.8, 4) is 0 Å². The molecule has 106 valence electrons. The molecule has 0 atom stereocenters. The molecule has 0 radical (unpaired) electrons. The van der Waals surface area contributed by atoms with Crippen LogP contribution >= 0.6 is 0 Å². The number of benzene rings is 1. The first-order valence-electron chi connectivity index (χ1n) is 6.36. The number of hydrogen-bond donors (Lipinski definition) is 2. The van der Waals surface area contributed by atoms with Gasteiger partial charge in [0.05, 0.1) is 10.4 Å². The van der Waals surface area contributed by atoms with Crippen LogP contribution in [0.5, 0.6) is 0 Å². The number of anilines is 1. The number of nitrogens with zero attached hydrogens (tertiary/aromatic N) is 4. The summed E-state index contributed by atoms with van der Waals surface area (Å²) in [6.07, 6.45) is 3.30. The average Bonchev–Trinajstić information content (AvgIpc) is 3.00. The van der Waals surface area contributed by atoms with Gasteiger partial charge in [-0.1, -0.05) is 18.2 Å². The van der Waals surface area contributed by atoms with Gasteiger partial charge in [-0.2, -0.15) is 5.10 Å². The first-order valence-corrected chi connectivity index (χ1v) is 6.36. The van der Waals surface area contributed by atoms with Gasteiger partial charge in [0.25, 0.3) is 0 Å². The highest BCUT2D eigenvalue weighted by Gasteiger charge is 2.17. The summed E-state index contributed by atoms with van der Waals surface area (Å²) in [5, 5.41) is 21.5. The van der Waals surface area contributed by atoms with Gasteiger partial charge in [-0.3, -0.25) is 15.2 Å². The number of rotatable bonds is 5. The maximum atomic E-state index is 11.2. The Morgan fingerprint density at radius 2 is 2.14 bits per heavy atom. The third-order valence-electron chi connectivity index (χ3n) is 3.08. The third-order valence-corrected chi connectivity index (χ3v) is 3.08. The highest BCUT2D eigenvalue weighted by Crippen LogP contribution is 2.31. The molecule has 0 bridgehead atoms. The van der Waals surface area contributed by atoms with Crippen LogP contribution in [0.4, 0.5) is 11.4 Å². The largest absolute Gasteiger partial charge is 0.378 e. The molecule has 0 saturated heterocycles. The van der Waals surface area contributed by atoms with Gasteiger partial charge in [-0.25, -0.2) is 9.97 Å². The molecule has 2 N–H and O–H groups in total. The molecule has 21 heavy (non-hydrogen) atoms. The maximum Gasteiger partial charge on any atom is 0.311 e.